The average Bonchev–Trinajstić information content (AvgIpc) is 3.34. The van der Waals surface area contributed by atoms with Crippen molar-refractivity contribution in [3.05, 3.63) is 52.6 Å². The number of hydrogen-bond acceptors (Lipinski definition) is 11. The number of carbonyl (C=O) groups is 1. The van der Waals surface area contributed by atoms with E-state index in [0.29, 0.717) is 6.42 Å². The highest BCUT2D eigenvalue weighted by Crippen LogP contribution is 2.54. The minimum Gasteiger partial charge on any atom is -0.632 e. The van der Waals surface area contributed by atoms with Crippen LogP contribution in [0.1, 0.15) is 23.7 Å². The summed E-state index contributed by atoms with van der Waals surface area (Å²) in [4.78, 5) is 16.3. The van der Waals surface area contributed by atoms with Crippen molar-refractivity contribution in [3.8, 4) is 0 Å². The quantitative estimate of drug-likeness (QED) is 0.153. The number of rotatable bonds is 5. The second kappa shape index (κ2) is 10.4. The van der Waals surface area contributed by atoms with Crippen LogP contribution in [0.3, 0.4) is 0 Å². The summed E-state index contributed by atoms with van der Waals surface area (Å²) in [5.41, 5.74) is 2.92. The molecule has 13 heteroatoms. The monoisotopic (exact) mass is 562 g/mol. The van der Waals surface area contributed by atoms with Gasteiger partial charge >= 0.3 is 5.97 Å². The number of aliphatic hydroxyl groups is 5. The number of hydroxylamine groups is 3. The first kappa shape index (κ1) is 27.6. The lowest BCUT2D eigenvalue weighted by Gasteiger charge is -2.62. The number of esters is 1. The van der Waals surface area contributed by atoms with Gasteiger partial charge in [0.15, 0.2) is 6.29 Å². The smallest absolute Gasteiger partial charge is 0.337 e. The predicted molar refractivity (Wildman–Crippen MR) is 136 cm³/mol. The summed E-state index contributed by atoms with van der Waals surface area (Å²) in [5.74, 6) is -2.14. The van der Waals surface area contributed by atoms with Gasteiger partial charge in [0.2, 0.25) is 6.29 Å². The number of para-hydroxylation sites is 1. The molecule has 1 aromatic carbocycles. The van der Waals surface area contributed by atoms with Gasteiger partial charge in [0.05, 0.1) is 50.3 Å². The molecule has 0 bridgehead atoms. The van der Waals surface area contributed by atoms with Crippen molar-refractivity contribution < 1.29 is 53.9 Å². The molecule has 40 heavy (non-hydrogen) atoms. The van der Waals surface area contributed by atoms with Crippen LogP contribution >= 0.6 is 0 Å². The Bertz CT molecular complexity index is 1300. The molecule has 2 aromatic rings. The lowest BCUT2D eigenvalue weighted by molar-refractivity contribution is -0.950. The number of quaternary nitrogens is 1. The van der Waals surface area contributed by atoms with E-state index in [9.17, 15) is 35.5 Å². The van der Waals surface area contributed by atoms with Crippen LogP contribution in [0.5, 0.6) is 0 Å². The number of nitrogens with one attached hydrogen (secondary N) is 1. The third kappa shape index (κ3) is 4.08. The standard InChI is InChI=1S/C27H34N2O11/c1-37-25(35)15-11-38-26(40-27-24(34)23(33)22(32)19(10-31)39-27)20-14(15)8-17-21-13(6-7-29(17,36)18(20)9-30)12-4-2-3-5-16(12)28-21/h2-5,11,14,17-20,22-24,26-28,30-34H,6-10H2,1H3/t14-,17+,18+,19-,20+,22-,23+,24-,26+,27+,29?/m1/s1. The second-order valence-corrected chi connectivity index (χ2v) is 11.0. The number of nitrogens with zero attached hydrogens (tertiary/aromatic N) is 1. The van der Waals surface area contributed by atoms with Gasteiger partial charge in [-0.15, -0.1) is 0 Å². The van der Waals surface area contributed by atoms with Gasteiger partial charge in [0, 0.05) is 29.7 Å². The van der Waals surface area contributed by atoms with Crippen molar-refractivity contribution in [2.75, 3.05) is 26.9 Å². The first-order valence-electron chi connectivity index (χ1n) is 13.4. The SMILES string of the molecule is COC(=O)C1=CO[C@@H](O[C@@H]2O[C@H](CO)[C@@H](O)[C@H](O)[C@H]2O)[C@H]2[C@@H]1C[C@H]1c3[nH]c4ccccc4c3CC[N+]1([O-])[C@H]2CO. The zero-order chi connectivity index (χ0) is 28.3. The Kier molecular flexibility index (Phi) is 7.14. The highest BCUT2D eigenvalue weighted by molar-refractivity contribution is 5.89. The van der Waals surface area contributed by atoms with Crippen LogP contribution in [0.15, 0.2) is 36.1 Å². The third-order valence-electron chi connectivity index (χ3n) is 9.13. The molecule has 218 valence electrons. The number of ether oxygens (including phenoxy) is 4. The maximum absolute atomic E-state index is 14.7. The van der Waals surface area contributed by atoms with E-state index in [1.54, 1.807) is 0 Å². The number of hydrogen-bond donors (Lipinski definition) is 6. The Hall–Kier alpha value is -2.59. The van der Waals surface area contributed by atoms with Gasteiger partial charge in [-0.25, -0.2) is 4.79 Å². The van der Waals surface area contributed by atoms with Crippen molar-refractivity contribution in [1.82, 2.24) is 4.98 Å². The summed E-state index contributed by atoms with van der Waals surface area (Å²) in [7, 11) is 1.24. The summed E-state index contributed by atoms with van der Waals surface area (Å²) in [6.07, 6.45) is -7.07. The molecule has 0 spiro atoms. The molecule has 5 heterocycles. The molecule has 0 amide bonds. The fourth-order valence-corrected chi connectivity index (χ4v) is 7.12. The number of methoxy groups -OCH3 is 1. The maximum atomic E-state index is 14.7. The van der Waals surface area contributed by atoms with Gasteiger partial charge in [-0.2, -0.15) is 0 Å². The third-order valence-corrected chi connectivity index (χ3v) is 9.13. The number of benzene rings is 1. The van der Waals surface area contributed by atoms with Gasteiger partial charge in [0.1, 0.15) is 36.5 Å². The summed E-state index contributed by atoms with van der Waals surface area (Å²) >= 11 is 0. The van der Waals surface area contributed by atoms with E-state index in [1.807, 2.05) is 24.3 Å². The van der Waals surface area contributed by atoms with Crippen LogP contribution in [0.2, 0.25) is 0 Å². The average molecular weight is 563 g/mol. The largest absolute Gasteiger partial charge is 0.632 e. The fourth-order valence-electron chi connectivity index (χ4n) is 7.12. The summed E-state index contributed by atoms with van der Waals surface area (Å²) in [6.45, 7) is -1.01. The Morgan fingerprint density at radius 1 is 1.12 bits per heavy atom. The van der Waals surface area contributed by atoms with Gasteiger partial charge in [-0.05, 0) is 11.6 Å². The summed E-state index contributed by atoms with van der Waals surface area (Å²) in [6, 6.07) is 6.19. The lowest BCUT2D eigenvalue weighted by Crippen LogP contribution is -2.68. The van der Waals surface area contributed by atoms with E-state index in [-0.39, 0.29) is 18.5 Å². The summed E-state index contributed by atoms with van der Waals surface area (Å²) in [5, 5.41) is 67.0. The molecule has 1 unspecified atom stereocenters. The number of carbonyl (C=O) groups excluding carboxylic acids is 1. The number of fused-ring (bicyclic) bond motifs is 6. The molecule has 4 aliphatic rings. The summed E-state index contributed by atoms with van der Waals surface area (Å²) < 4.78 is 21.5. The van der Waals surface area contributed by atoms with E-state index in [0.717, 1.165) is 22.2 Å². The van der Waals surface area contributed by atoms with Crippen molar-refractivity contribution >= 4 is 16.9 Å². The maximum Gasteiger partial charge on any atom is 0.337 e. The van der Waals surface area contributed by atoms with Crippen LogP contribution in [0.25, 0.3) is 10.9 Å². The molecule has 2 saturated heterocycles. The minimum atomic E-state index is -1.70. The molecule has 0 saturated carbocycles. The predicted octanol–water partition coefficient (Wildman–Crippen LogP) is -0.694. The topological polar surface area (TPSA) is 194 Å². The molecule has 0 radical (unpaired) electrons. The van der Waals surface area contributed by atoms with E-state index in [2.05, 4.69) is 4.98 Å². The molecule has 13 nitrogen and oxygen atoms in total. The number of H-pyrrole nitrogens is 1. The van der Waals surface area contributed by atoms with E-state index in [4.69, 9.17) is 18.9 Å². The lowest BCUT2D eigenvalue weighted by atomic mass is 9.69. The van der Waals surface area contributed by atoms with Crippen LogP contribution < -0.4 is 0 Å². The normalized spacial score (nSPS) is 40.8. The number of piperidine rings is 1. The van der Waals surface area contributed by atoms with E-state index in [1.165, 1.54) is 13.4 Å². The Morgan fingerprint density at radius 2 is 1.90 bits per heavy atom. The van der Waals surface area contributed by atoms with Crippen molar-refractivity contribution in [1.29, 1.82) is 0 Å². The molecule has 11 atom stereocenters. The van der Waals surface area contributed by atoms with Gasteiger partial charge in [0.25, 0.3) is 0 Å². The van der Waals surface area contributed by atoms with Crippen molar-refractivity contribution in [3.63, 3.8) is 0 Å². The molecule has 1 aromatic heterocycles. The first-order valence-corrected chi connectivity index (χ1v) is 13.4. The zero-order valence-electron chi connectivity index (χ0n) is 21.8. The molecular formula is C27H34N2O11. The molecule has 6 rings (SSSR count). The minimum absolute atomic E-state index is 0.179. The Morgan fingerprint density at radius 3 is 2.62 bits per heavy atom. The number of aliphatic hydroxyl groups excluding tert-OH is 5. The van der Waals surface area contributed by atoms with Gasteiger partial charge in [-0.3, -0.25) is 0 Å². The number of aromatic amines is 1. The van der Waals surface area contributed by atoms with Crippen molar-refractivity contribution in [2.45, 2.75) is 61.9 Å². The fraction of sp³-hybridized carbons (Fsp3) is 0.593. The van der Waals surface area contributed by atoms with Crippen LogP contribution in [0.4, 0.5) is 0 Å². The first-order chi connectivity index (χ1) is 19.2. The van der Waals surface area contributed by atoms with Crippen LogP contribution in [-0.2, 0) is 30.2 Å². The van der Waals surface area contributed by atoms with Crippen molar-refractivity contribution in [2.24, 2.45) is 11.8 Å². The number of aromatic nitrogens is 1. The molecule has 4 aliphatic heterocycles. The van der Waals surface area contributed by atoms with E-state index >= 15 is 0 Å². The Balaban J connectivity index is 1.39. The highest BCUT2D eigenvalue weighted by atomic mass is 16.8. The zero-order valence-corrected chi connectivity index (χ0v) is 21.8. The molecule has 0 aliphatic carbocycles. The van der Waals surface area contributed by atoms with Gasteiger partial charge < -0.3 is 59.3 Å². The Labute approximate surface area is 229 Å². The molecule has 6 N–H and O–H groups in total. The van der Waals surface area contributed by atoms with E-state index < -0.39 is 84.7 Å². The highest BCUT2D eigenvalue weighted by Gasteiger charge is 2.60. The second-order valence-electron chi connectivity index (χ2n) is 11.0. The molecular weight excluding hydrogens is 528 g/mol. The molecule has 2 fully saturated rings. The van der Waals surface area contributed by atoms with Crippen LogP contribution in [-0.4, -0.2) is 111 Å². The van der Waals surface area contributed by atoms with Gasteiger partial charge in [-0.1, -0.05) is 18.2 Å². The van der Waals surface area contributed by atoms with Crippen LogP contribution in [0, 0.1) is 17.0 Å².